The summed E-state index contributed by atoms with van der Waals surface area (Å²) >= 11 is 6.42. The smallest absolute Gasteiger partial charge is 0.264 e. The molecule has 3 aromatic carbocycles. The van der Waals surface area contributed by atoms with Crippen molar-refractivity contribution in [1.29, 1.82) is 0 Å². The molecule has 224 valence electrons. The number of anilines is 1. The second-order valence-corrected chi connectivity index (χ2v) is 13.5. The average Bonchev–Trinajstić information content (AvgIpc) is 3.46. The molecule has 3 aromatic rings. The maximum Gasteiger partial charge on any atom is 0.264 e. The van der Waals surface area contributed by atoms with Crippen molar-refractivity contribution < 1.29 is 18.0 Å². The van der Waals surface area contributed by atoms with Crippen molar-refractivity contribution in [2.24, 2.45) is 0 Å². The number of aryl methyl sites for hydroxylation is 3. The van der Waals surface area contributed by atoms with Crippen LogP contribution in [-0.4, -0.2) is 43.8 Å². The van der Waals surface area contributed by atoms with E-state index in [0.717, 1.165) is 52.2 Å². The van der Waals surface area contributed by atoms with Crippen LogP contribution in [0.5, 0.6) is 0 Å². The van der Waals surface area contributed by atoms with Crippen LogP contribution in [0.15, 0.2) is 71.6 Å². The number of nitrogens with one attached hydrogen (secondary N) is 1. The fourth-order valence-corrected chi connectivity index (χ4v) is 6.98. The Bertz CT molecular complexity index is 1520. The molecule has 2 amide bonds. The second kappa shape index (κ2) is 13.7. The molecule has 0 heterocycles. The van der Waals surface area contributed by atoms with Gasteiger partial charge in [0, 0.05) is 17.6 Å². The van der Waals surface area contributed by atoms with Crippen LogP contribution >= 0.6 is 11.6 Å². The van der Waals surface area contributed by atoms with Gasteiger partial charge in [0.25, 0.3) is 10.0 Å². The van der Waals surface area contributed by atoms with E-state index < -0.39 is 28.5 Å². The Kier molecular flexibility index (Phi) is 10.3. The molecule has 1 aliphatic rings. The van der Waals surface area contributed by atoms with Crippen molar-refractivity contribution in [2.75, 3.05) is 10.8 Å². The van der Waals surface area contributed by atoms with Crippen LogP contribution in [0.2, 0.25) is 5.02 Å². The third kappa shape index (κ3) is 7.53. The monoisotopic (exact) mass is 609 g/mol. The number of benzene rings is 3. The van der Waals surface area contributed by atoms with E-state index in [-0.39, 0.29) is 29.1 Å². The molecule has 1 atom stereocenters. The summed E-state index contributed by atoms with van der Waals surface area (Å²) in [5, 5.41) is 3.53. The molecule has 0 spiro atoms. The van der Waals surface area contributed by atoms with Crippen molar-refractivity contribution in [3.05, 3.63) is 94.0 Å². The normalized spacial score (nSPS) is 14.4. The Morgan fingerprint density at radius 1 is 0.952 bits per heavy atom. The lowest BCUT2D eigenvalue weighted by atomic mass is 10.1. The Morgan fingerprint density at radius 3 is 2.26 bits per heavy atom. The summed E-state index contributed by atoms with van der Waals surface area (Å²) in [4.78, 5) is 29.4. The van der Waals surface area contributed by atoms with E-state index >= 15 is 0 Å². The zero-order valence-corrected chi connectivity index (χ0v) is 26.3. The highest BCUT2D eigenvalue weighted by Gasteiger charge is 2.34. The quantitative estimate of drug-likeness (QED) is 0.275. The van der Waals surface area contributed by atoms with Gasteiger partial charge in [0.15, 0.2) is 0 Å². The molecule has 0 aliphatic heterocycles. The van der Waals surface area contributed by atoms with Gasteiger partial charge in [-0.25, -0.2) is 8.42 Å². The summed E-state index contributed by atoms with van der Waals surface area (Å²) in [5.41, 5.74) is 3.87. The van der Waals surface area contributed by atoms with Gasteiger partial charge in [-0.15, -0.1) is 0 Å². The topological polar surface area (TPSA) is 86.8 Å². The number of halogens is 1. The van der Waals surface area contributed by atoms with Crippen LogP contribution in [0.4, 0.5) is 5.69 Å². The lowest BCUT2D eigenvalue weighted by Crippen LogP contribution is -2.53. The fraction of sp³-hybridized carbons (Fsp3) is 0.394. The van der Waals surface area contributed by atoms with E-state index in [9.17, 15) is 18.0 Å². The summed E-state index contributed by atoms with van der Waals surface area (Å²) < 4.78 is 29.2. The molecular weight excluding hydrogens is 570 g/mol. The van der Waals surface area contributed by atoms with Crippen molar-refractivity contribution in [1.82, 2.24) is 10.2 Å². The number of carbonyl (C=O) groups is 2. The van der Waals surface area contributed by atoms with Gasteiger partial charge in [0.1, 0.15) is 12.6 Å². The molecule has 0 aromatic heterocycles. The highest BCUT2D eigenvalue weighted by atomic mass is 35.5. The van der Waals surface area contributed by atoms with Crippen molar-refractivity contribution in [2.45, 2.75) is 83.3 Å². The SMILES string of the molecule is CC[C@H](C(=O)NC1CCCC1)N(Cc1cccc(C)c1)C(=O)CN(c1ccc(C)c(Cl)c1)S(=O)(=O)c1ccc(C)cc1. The van der Waals surface area contributed by atoms with E-state index in [1.54, 1.807) is 30.3 Å². The van der Waals surface area contributed by atoms with Crippen LogP contribution in [0.1, 0.15) is 61.3 Å². The van der Waals surface area contributed by atoms with Crippen molar-refractivity contribution >= 4 is 39.1 Å². The molecule has 0 unspecified atom stereocenters. The molecule has 0 radical (unpaired) electrons. The van der Waals surface area contributed by atoms with E-state index in [2.05, 4.69) is 5.32 Å². The predicted molar refractivity (Wildman–Crippen MR) is 168 cm³/mol. The molecule has 4 rings (SSSR count). The zero-order chi connectivity index (χ0) is 30.4. The molecule has 7 nitrogen and oxygen atoms in total. The third-order valence-electron chi connectivity index (χ3n) is 7.85. The first-order valence-electron chi connectivity index (χ1n) is 14.5. The molecule has 42 heavy (non-hydrogen) atoms. The van der Waals surface area contributed by atoms with Gasteiger partial charge in [0.05, 0.1) is 10.6 Å². The van der Waals surface area contributed by atoms with Gasteiger partial charge in [-0.05, 0) is 75.4 Å². The highest BCUT2D eigenvalue weighted by molar-refractivity contribution is 7.92. The van der Waals surface area contributed by atoms with Crippen molar-refractivity contribution in [3.63, 3.8) is 0 Å². The van der Waals surface area contributed by atoms with Gasteiger partial charge in [0.2, 0.25) is 11.8 Å². The summed E-state index contributed by atoms with van der Waals surface area (Å²) in [6.07, 6.45) is 4.37. The minimum Gasteiger partial charge on any atom is -0.352 e. The molecule has 1 N–H and O–H groups in total. The number of sulfonamides is 1. The number of hydrogen-bond donors (Lipinski definition) is 1. The van der Waals surface area contributed by atoms with E-state index in [1.165, 1.54) is 17.0 Å². The molecule has 1 aliphatic carbocycles. The largest absolute Gasteiger partial charge is 0.352 e. The minimum atomic E-state index is -4.15. The molecule has 9 heteroatoms. The highest BCUT2D eigenvalue weighted by Crippen LogP contribution is 2.29. The second-order valence-electron chi connectivity index (χ2n) is 11.2. The van der Waals surface area contributed by atoms with E-state index in [1.807, 2.05) is 52.0 Å². The first-order valence-corrected chi connectivity index (χ1v) is 16.3. The average molecular weight is 610 g/mol. The van der Waals surface area contributed by atoms with E-state index in [4.69, 9.17) is 11.6 Å². The van der Waals surface area contributed by atoms with Crippen LogP contribution in [0.25, 0.3) is 0 Å². The standard InChI is InChI=1S/C33H40ClN3O4S/c1-5-31(33(39)35-27-11-6-7-12-27)36(21-26-10-8-9-24(3)19-26)32(38)22-37(28-16-15-25(4)30(34)20-28)42(40,41)29-17-13-23(2)14-18-29/h8-10,13-20,27,31H,5-7,11-12,21-22H2,1-4H3,(H,35,39)/t31-/m1/s1. The van der Waals surface area contributed by atoms with Crippen LogP contribution in [0.3, 0.4) is 0 Å². The maximum absolute atomic E-state index is 14.2. The van der Waals surface area contributed by atoms with E-state index in [0.29, 0.717) is 11.4 Å². The lowest BCUT2D eigenvalue weighted by molar-refractivity contribution is -0.140. The van der Waals surface area contributed by atoms with Crippen LogP contribution in [-0.2, 0) is 26.2 Å². The number of rotatable bonds is 11. The Balaban J connectivity index is 1.73. The van der Waals surface area contributed by atoms with Crippen LogP contribution < -0.4 is 9.62 Å². The third-order valence-corrected chi connectivity index (χ3v) is 10.0. The summed E-state index contributed by atoms with van der Waals surface area (Å²) in [5.74, 6) is -0.686. The van der Waals surface area contributed by atoms with Gasteiger partial charge >= 0.3 is 0 Å². The zero-order valence-electron chi connectivity index (χ0n) is 24.8. The first-order chi connectivity index (χ1) is 20.0. The number of amides is 2. The fourth-order valence-electron chi connectivity index (χ4n) is 5.40. The van der Waals surface area contributed by atoms with Crippen molar-refractivity contribution in [3.8, 4) is 0 Å². The minimum absolute atomic E-state index is 0.0637. The number of carbonyl (C=O) groups excluding carboxylic acids is 2. The van der Waals surface area contributed by atoms with Gasteiger partial charge in [-0.2, -0.15) is 0 Å². The Hall–Kier alpha value is -3.36. The number of hydrogen-bond acceptors (Lipinski definition) is 4. The Morgan fingerprint density at radius 2 is 1.64 bits per heavy atom. The molecule has 0 bridgehead atoms. The van der Waals surface area contributed by atoms with Gasteiger partial charge < -0.3 is 10.2 Å². The lowest BCUT2D eigenvalue weighted by Gasteiger charge is -2.34. The Labute approximate surface area is 254 Å². The summed E-state index contributed by atoms with van der Waals surface area (Å²) in [6, 6.07) is 18.6. The predicted octanol–water partition coefficient (Wildman–Crippen LogP) is 6.33. The van der Waals surface area contributed by atoms with Gasteiger partial charge in [-0.1, -0.05) is 85.0 Å². The van der Waals surface area contributed by atoms with Gasteiger partial charge in [-0.3, -0.25) is 13.9 Å². The molecule has 0 saturated heterocycles. The maximum atomic E-state index is 14.2. The summed E-state index contributed by atoms with van der Waals surface area (Å²) in [7, 11) is -4.15. The molecule has 1 saturated carbocycles. The summed E-state index contributed by atoms with van der Waals surface area (Å²) in [6.45, 7) is 7.22. The molecular formula is C33H40ClN3O4S. The molecule has 1 fully saturated rings. The van der Waals surface area contributed by atoms with Crippen LogP contribution in [0, 0.1) is 20.8 Å². The number of nitrogens with zero attached hydrogens (tertiary/aromatic N) is 2. The first kappa shape index (κ1) is 31.6.